The van der Waals surface area contributed by atoms with E-state index < -0.39 is 0 Å². The first-order valence-electron chi connectivity index (χ1n) is 10.2. The molecule has 3 rings (SSSR count). The molecule has 0 saturated carbocycles. The van der Waals surface area contributed by atoms with Gasteiger partial charge in [0.15, 0.2) is 5.82 Å². The van der Waals surface area contributed by atoms with Gasteiger partial charge in [-0.05, 0) is 50.6 Å². The molecule has 31 heavy (non-hydrogen) atoms. The molecule has 1 amide bonds. The molecule has 0 saturated heterocycles. The third-order valence-electron chi connectivity index (χ3n) is 4.50. The van der Waals surface area contributed by atoms with Crippen LogP contribution < -0.4 is 10.1 Å². The van der Waals surface area contributed by atoms with Crippen molar-refractivity contribution in [2.75, 3.05) is 18.5 Å². The first-order chi connectivity index (χ1) is 15.0. The van der Waals surface area contributed by atoms with Crippen LogP contribution in [0.3, 0.4) is 0 Å². The summed E-state index contributed by atoms with van der Waals surface area (Å²) in [5, 5.41) is 7.27. The van der Waals surface area contributed by atoms with E-state index in [2.05, 4.69) is 15.4 Å². The molecule has 0 atom stereocenters. The van der Waals surface area contributed by atoms with Gasteiger partial charge in [0.1, 0.15) is 0 Å². The monoisotopic (exact) mass is 422 g/mol. The number of ether oxygens (including phenoxy) is 2. The predicted octanol–water partition coefficient (Wildman–Crippen LogP) is 3.92. The quantitative estimate of drug-likeness (QED) is 0.525. The lowest BCUT2D eigenvalue weighted by atomic mass is 10.1. The van der Waals surface area contributed by atoms with Gasteiger partial charge in [-0.3, -0.25) is 9.59 Å². The number of hydrogen-bond acceptors (Lipinski definition) is 6. The van der Waals surface area contributed by atoms with Crippen molar-refractivity contribution in [1.82, 2.24) is 14.8 Å². The van der Waals surface area contributed by atoms with Gasteiger partial charge in [0, 0.05) is 17.7 Å². The second-order valence-corrected chi connectivity index (χ2v) is 6.78. The van der Waals surface area contributed by atoms with Crippen LogP contribution in [0.2, 0.25) is 0 Å². The minimum Gasteiger partial charge on any atom is -0.466 e. The first kappa shape index (κ1) is 22.0. The topological polar surface area (TPSA) is 95.3 Å². The Morgan fingerprint density at radius 1 is 1.00 bits per heavy atom. The Labute approximate surface area is 181 Å². The third kappa shape index (κ3) is 5.69. The lowest BCUT2D eigenvalue weighted by Crippen LogP contribution is -2.14. The fourth-order valence-corrected chi connectivity index (χ4v) is 3.02. The predicted molar refractivity (Wildman–Crippen MR) is 117 cm³/mol. The molecule has 0 fully saturated rings. The highest BCUT2D eigenvalue weighted by atomic mass is 16.5. The molecule has 0 aliphatic carbocycles. The molecular weight excluding hydrogens is 396 g/mol. The van der Waals surface area contributed by atoms with E-state index in [0.717, 1.165) is 16.8 Å². The number of nitrogens with zero attached hydrogens (tertiary/aromatic N) is 3. The van der Waals surface area contributed by atoms with E-state index in [1.165, 1.54) is 0 Å². The highest BCUT2D eigenvalue weighted by Gasteiger charge is 2.16. The molecule has 162 valence electrons. The Morgan fingerprint density at radius 3 is 2.42 bits per heavy atom. The number of nitrogens with one attached hydrogen (secondary N) is 1. The number of aryl methyl sites for hydroxylation is 1. The molecular formula is C23H26N4O4. The fourth-order valence-electron chi connectivity index (χ4n) is 3.02. The van der Waals surface area contributed by atoms with Gasteiger partial charge in [-0.2, -0.15) is 4.98 Å². The first-order valence-corrected chi connectivity index (χ1v) is 10.2. The molecule has 1 heterocycles. The molecule has 0 radical (unpaired) electrons. The number of hydrogen-bond donors (Lipinski definition) is 1. The maximum Gasteiger partial charge on any atom is 0.336 e. The van der Waals surface area contributed by atoms with Gasteiger partial charge in [-0.1, -0.05) is 24.3 Å². The van der Waals surface area contributed by atoms with Crippen molar-refractivity contribution in [3.8, 4) is 23.1 Å². The number of carbonyl (C=O) groups excluding carboxylic acids is 2. The van der Waals surface area contributed by atoms with Gasteiger partial charge in [0.2, 0.25) is 5.91 Å². The number of aromatic nitrogens is 3. The second-order valence-electron chi connectivity index (χ2n) is 6.78. The third-order valence-corrected chi connectivity index (χ3v) is 4.50. The largest absolute Gasteiger partial charge is 0.466 e. The van der Waals surface area contributed by atoms with Crippen LogP contribution in [0.15, 0.2) is 48.5 Å². The summed E-state index contributed by atoms with van der Waals surface area (Å²) in [4.78, 5) is 28.0. The number of carbonyl (C=O) groups is 2. The number of rotatable bonds is 9. The zero-order valence-corrected chi connectivity index (χ0v) is 17.9. The molecule has 0 bridgehead atoms. The zero-order valence-electron chi connectivity index (χ0n) is 17.9. The standard InChI is InChI=1S/C23H26N4O4/c1-4-30-21(29)15-14-20(28)24-17-10-12-18(13-11-17)27-22(25-23(26-27)31-5-2)19-9-7-6-8-16(19)3/h6-13H,4-5,14-15H2,1-3H3,(H,24,28). The van der Waals surface area contributed by atoms with E-state index in [1.807, 2.05) is 50.2 Å². The Bertz CT molecular complexity index is 1040. The Kier molecular flexibility index (Phi) is 7.37. The second kappa shape index (κ2) is 10.4. The summed E-state index contributed by atoms with van der Waals surface area (Å²) in [6.07, 6.45) is 0.121. The van der Waals surface area contributed by atoms with Gasteiger partial charge in [0.25, 0.3) is 0 Å². The summed E-state index contributed by atoms with van der Waals surface area (Å²) < 4.78 is 12.1. The highest BCUT2D eigenvalue weighted by Crippen LogP contribution is 2.26. The summed E-state index contributed by atoms with van der Waals surface area (Å²) in [7, 11) is 0. The van der Waals surface area contributed by atoms with E-state index in [4.69, 9.17) is 9.47 Å². The van der Waals surface area contributed by atoms with E-state index in [9.17, 15) is 9.59 Å². The van der Waals surface area contributed by atoms with Gasteiger partial charge in [-0.15, -0.1) is 5.10 Å². The van der Waals surface area contributed by atoms with Crippen LogP contribution in [-0.2, 0) is 14.3 Å². The van der Waals surface area contributed by atoms with Gasteiger partial charge in [0.05, 0.1) is 25.3 Å². The number of amides is 1. The van der Waals surface area contributed by atoms with Crippen LogP contribution in [0.4, 0.5) is 5.69 Å². The lowest BCUT2D eigenvalue weighted by molar-refractivity contribution is -0.144. The van der Waals surface area contributed by atoms with Crippen molar-refractivity contribution in [2.45, 2.75) is 33.6 Å². The number of benzene rings is 2. The minimum atomic E-state index is -0.381. The van der Waals surface area contributed by atoms with Crippen molar-refractivity contribution in [3.63, 3.8) is 0 Å². The normalized spacial score (nSPS) is 10.5. The van der Waals surface area contributed by atoms with Crippen LogP contribution in [0.25, 0.3) is 17.1 Å². The Morgan fingerprint density at radius 2 is 1.74 bits per heavy atom. The van der Waals surface area contributed by atoms with Crippen LogP contribution in [-0.4, -0.2) is 39.9 Å². The van der Waals surface area contributed by atoms with E-state index >= 15 is 0 Å². The maximum atomic E-state index is 12.1. The van der Waals surface area contributed by atoms with Crippen LogP contribution in [0, 0.1) is 6.92 Å². The molecule has 0 aliphatic heterocycles. The lowest BCUT2D eigenvalue weighted by Gasteiger charge is -2.09. The van der Waals surface area contributed by atoms with Crippen LogP contribution >= 0.6 is 0 Å². The van der Waals surface area contributed by atoms with Gasteiger partial charge in [-0.25, -0.2) is 4.68 Å². The average Bonchev–Trinajstić information content (AvgIpc) is 3.17. The minimum absolute atomic E-state index is 0.0523. The van der Waals surface area contributed by atoms with E-state index in [0.29, 0.717) is 30.7 Å². The molecule has 8 heteroatoms. The van der Waals surface area contributed by atoms with Crippen molar-refractivity contribution in [2.24, 2.45) is 0 Å². The van der Waals surface area contributed by atoms with E-state index in [-0.39, 0.29) is 24.7 Å². The number of anilines is 1. The molecule has 1 aromatic heterocycles. The van der Waals surface area contributed by atoms with Crippen molar-refractivity contribution >= 4 is 17.6 Å². The molecule has 1 N–H and O–H groups in total. The molecule has 0 aliphatic rings. The average molecular weight is 422 g/mol. The van der Waals surface area contributed by atoms with E-state index in [1.54, 1.807) is 23.7 Å². The summed E-state index contributed by atoms with van der Waals surface area (Å²) in [5.74, 6) is 0.0431. The molecule has 2 aromatic carbocycles. The smallest absolute Gasteiger partial charge is 0.336 e. The summed E-state index contributed by atoms with van der Waals surface area (Å²) in [6.45, 7) is 6.40. The summed E-state index contributed by atoms with van der Waals surface area (Å²) in [5.41, 5.74) is 3.43. The summed E-state index contributed by atoms with van der Waals surface area (Å²) >= 11 is 0. The maximum absolute atomic E-state index is 12.1. The van der Waals surface area contributed by atoms with Crippen LogP contribution in [0.5, 0.6) is 6.01 Å². The van der Waals surface area contributed by atoms with Crippen molar-refractivity contribution in [3.05, 3.63) is 54.1 Å². The fraction of sp³-hybridized carbons (Fsp3) is 0.304. The molecule has 0 spiro atoms. The van der Waals surface area contributed by atoms with Crippen molar-refractivity contribution in [1.29, 1.82) is 0 Å². The number of esters is 1. The zero-order chi connectivity index (χ0) is 22.2. The van der Waals surface area contributed by atoms with Crippen molar-refractivity contribution < 1.29 is 19.1 Å². The Balaban J connectivity index is 1.78. The Hall–Kier alpha value is -3.68. The molecule has 3 aromatic rings. The van der Waals surface area contributed by atoms with Gasteiger partial charge >= 0.3 is 12.0 Å². The molecule has 8 nitrogen and oxygen atoms in total. The summed E-state index contributed by atoms with van der Waals surface area (Å²) in [6, 6.07) is 15.5. The molecule has 0 unspecified atom stereocenters. The van der Waals surface area contributed by atoms with Gasteiger partial charge < -0.3 is 14.8 Å². The highest BCUT2D eigenvalue weighted by molar-refractivity contribution is 5.92. The van der Waals surface area contributed by atoms with Crippen LogP contribution in [0.1, 0.15) is 32.3 Å². The SMILES string of the molecule is CCOC(=O)CCC(=O)Nc1ccc(-n2nc(OCC)nc2-c2ccccc2C)cc1.